The third-order valence-electron chi connectivity index (χ3n) is 2.69. The van der Waals surface area contributed by atoms with Gasteiger partial charge in [0.25, 0.3) is 0 Å². The fraction of sp³-hybridized carbons (Fsp3) is 0.462. The predicted octanol–water partition coefficient (Wildman–Crippen LogP) is 3.08. The molecule has 18 heavy (non-hydrogen) atoms. The largest absolute Gasteiger partial charge is 0.334 e. The van der Waals surface area contributed by atoms with E-state index in [1.165, 1.54) is 0 Å². The van der Waals surface area contributed by atoms with Crippen LogP contribution in [0.1, 0.15) is 26.3 Å². The van der Waals surface area contributed by atoms with E-state index >= 15 is 0 Å². The second kappa shape index (κ2) is 6.41. The molecule has 0 saturated carbocycles. The van der Waals surface area contributed by atoms with E-state index < -0.39 is 6.04 Å². The highest BCUT2D eigenvalue weighted by atomic mass is 35.5. The lowest BCUT2D eigenvalue weighted by Crippen LogP contribution is -2.45. The molecule has 0 aliphatic rings. The van der Waals surface area contributed by atoms with Crippen LogP contribution in [0.4, 0.5) is 0 Å². The summed E-state index contributed by atoms with van der Waals surface area (Å²) in [6.45, 7) is 5.92. The number of carbonyl (C=O) groups is 1. The summed E-state index contributed by atoms with van der Waals surface area (Å²) in [6.07, 6.45) is 0. The minimum Gasteiger partial charge on any atom is -0.334 e. The molecule has 2 N–H and O–H groups in total. The van der Waals surface area contributed by atoms with Gasteiger partial charge in [0.2, 0.25) is 5.91 Å². The summed E-state index contributed by atoms with van der Waals surface area (Å²) in [4.78, 5) is 13.7. The maximum Gasteiger partial charge on any atom is 0.239 e. The van der Waals surface area contributed by atoms with Gasteiger partial charge in [0.1, 0.15) is 0 Å². The Hall–Kier alpha value is -0.770. The average Bonchev–Trinajstić information content (AvgIpc) is 2.27. The maximum atomic E-state index is 12.0. The van der Waals surface area contributed by atoms with Gasteiger partial charge in [-0.15, -0.1) is 0 Å². The Labute approximate surface area is 118 Å². The summed E-state index contributed by atoms with van der Waals surface area (Å²) in [6, 6.07) is 4.81. The molecule has 0 aromatic heterocycles. The van der Waals surface area contributed by atoms with Crippen molar-refractivity contribution in [3.8, 4) is 0 Å². The quantitative estimate of drug-likeness (QED) is 0.926. The monoisotopic (exact) mass is 288 g/mol. The van der Waals surface area contributed by atoms with Crippen LogP contribution in [-0.2, 0) is 11.3 Å². The molecule has 100 valence electrons. The van der Waals surface area contributed by atoms with E-state index in [0.717, 1.165) is 5.56 Å². The molecule has 5 heteroatoms. The van der Waals surface area contributed by atoms with Crippen LogP contribution >= 0.6 is 23.2 Å². The van der Waals surface area contributed by atoms with Gasteiger partial charge < -0.3 is 10.6 Å². The van der Waals surface area contributed by atoms with Gasteiger partial charge in [-0.3, -0.25) is 4.79 Å². The lowest BCUT2D eigenvalue weighted by molar-refractivity contribution is -0.134. The molecule has 0 aliphatic carbocycles. The van der Waals surface area contributed by atoms with Crippen molar-refractivity contribution in [2.24, 2.45) is 5.73 Å². The van der Waals surface area contributed by atoms with Gasteiger partial charge in [-0.1, -0.05) is 29.3 Å². The molecule has 0 fully saturated rings. The summed E-state index contributed by atoms with van der Waals surface area (Å²) in [5.41, 5.74) is 6.40. The van der Waals surface area contributed by atoms with E-state index in [-0.39, 0.29) is 11.9 Å². The van der Waals surface area contributed by atoms with Gasteiger partial charge in [0.05, 0.1) is 6.04 Å². The summed E-state index contributed by atoms with van der Waals surface area (Å²) in [5, 5.41) is 1.12. The van der Waals surface area contributed by atoms with E-state index in [0.29, 0.717) is 16.6 Å². The van der Waals surface area contributed by atoms with Crippen LogP contribution in [0.2, 0.25) is 10.0 Å². The summed E-state index contributed by atoms with van der Waals surface area (Å²) in [5.74, 6) is -0.110. The van der Waals surface area contributed by atoms with E-state index in [4.69, 9.17) is 28.9 Å². The number of rotatable bonds is 4. The number of amides is 1. The zero-order chi connectivity index (χ0) is 13.9. The first-order chi connectivity index (χ1) is 8.34. The van der Waals surface area contributed by atoms with Crippen molar-refractivity contribution in [2.45, 2.75) is 39.4 Å². The van der Waals surface area contributed by atoms with E-state index in [1.807, 2.05) is 13.8 Å². The highest BCUT2D eigenvalue weighted by Crippen LogP contribution is 2.26. The van der Waals surface area contributed by atoms with E-state index in [1.54, 1.807) is 30.0 Å². The molecular formula is C13H18Cl2N2O. The van der Waals surface area contributed by atoms with Crippen LogP contribution in [-0.4, -0.2) is 22.9 Å². The minimum absolute atomic E-state index is 0.0378. The van der Waals surface area contributed by atoms with Gasteiger partial charge in [0.15, 0.2) is 0 Å². The zero-order valence-corrected chi connectivity index (χ0v) is 12.3. The van der Waals surface area contributed by atoms with Crippen LogP contribution in [0.5, 0.6) is 0 Å². The lowest BCUT2D eigenvalue weighted by Gasteiger charge is -2.29. The molecule has 3 nitrogen and oxygen atoms in total. The molecule has 0 aliphatic heterocycles. The molecule has 0 spiro atoms. The van der Waals surface area contributed by atoms with Crippen LogP contribution in [0.3, 0.4) is 0 Å². The molecular weight excluding hydrogens is 271 g/mol. The average molecular weight is 289 g/mol. The van der Waals surface area contributed by atoms with Crippen molar-refractivity contribution in [1.82, 2.24) is 4.90 Å². The Kier molecular flexibility index (Phi) is 5.45. The van der Waals surface area contributed by atoms with Crippen LogP contribution in [0, 0.1) is 0 Å². The van der Waals surface area contributed by atoms with Gasteiger partial charge in [-0.2, -0.15) is 0 Å². The van der Waals surface area contributed by atoms with Crippen molar-refractivity contribution >= 4 is 29.1 Å². The van der Waals surface area contributed by atoms with Crippen LogP contribution in [0.15, 0.2) is 18.2 Å². The number of nitrogens with two attached hydrogens (primary N) is 1. The molecule has 1 aromatic carbocycles. The molecule has 1 atom stereocenters. The molecule has 0 radical (unpaired) electrons. The molecule has 1 unspecified atom stereocenters. The Balaban J connectivity index is 3.01. The Bertz CT molecular complexity index is 413. The molecule has 0 saturated heterocycles. The van der Waals surface area contributed by atoms with E-state index in [9.17, 15) is 4.79 Å². The first kappa shape index (κ1) is 15.3. The standard InChI is InChI=1S/C13H18Cl2N2O/c1-8(2)17(13(18)9(3)16)7-10-11(14)5-4-6-12(10)15/h4-6,8-9H,7,16H2,1-3H3. The Morgan fingerprint density at radius 1 is 1.28 bits per heavy atom. The van der Waals surface area contributed by atoms with Crippen LogP contribution < -0.4 is 5.73 Å². The second-order valence-corrected chi connectivity index (χ2v) is 5.36. The van der Waals surface area contributed by atoms with Crippen molar-refractivity contribution in [3.05, 3.63) is 33.8 Å². The number of benzene rings is 1. The molecule has 0 bridgehead atoms. The zero-order valence-electron chi connectivity index (χ0n) is 10.8. The number of carbonyl (C=O) groups excluding carboxylic acids is 1. The number of halogens is 2. The maximum absolute atomic E-state index is 12.0. The van der Waals surface area contributed by atoms with Gasteiger partial charge >= 0.3 is 0 Å². The number of hydrogen-bond acceptors (Lipinski definition) is 2. The summed E-state index contributed by atoms with van der Waals surface area (Å²) in [7, 11) is 0. The Morgan fingerprint density at radius 2 is 1.78 bits per heavy atom. The predicted molar refractivity (Wildman–Crippen MR) is 75.8 cm³/mol. The highest BCUT2D eigenvalue weighted by Gasteiger charge is 2.22. The second-order valence-electron chi connectivity index (χ2n) is 4.55. The van der Waals surface area contributed by atoms with Gasteiger partial charge in [-0.05, 0) is 32.9 Å². The molecule has 1 aromatic rings. The third kappa shape index (κ3) is 3.61. The van der Waals surface area contributed by atoms with E-state index in [2.05, 4.69) is 0 Å². The topological polar surface area (TPSA) is 46.3 Å². The Morgan fingerprint density at radius 3 is 2.17 bits per heavy atom. The number of nitrogens with zero attached hydrogens (tertiary/aromatic N) is 1. The fourth-order valence-electron chi connectivity index (χ4n) is 1.63. The first-order valence-electron chi connectivity index (χ1n) is 5.83. The van der Waals surface area contributed by atoms with Gasteiger partial charge in [0, 0.05) is 28.2 Å². The summed E-state index contributed by atoms with van der Waals surface area (Å²) < 4.78 is 0. The third-order valence-corrected chi connectivity index (χ3v) is 3.39. The number of hydrogen-bond donors (Lipinski definition) is 1. The smallest absolute Gasteiger partial charge is 0.239 e. The van der Waals surface area contributed by atoms with Crippen LogP contribution in [0.25, 0.3) is 0 Å². The lowest BCUT2D eigenvalue weighted by atomic mass is 10.1. The molecule has 1 rings (SSSR count). The summed E-state index contributed by atoms with van der Waals surface area (Å²) >= 11 is 12.2. The first-order valence-corrected chi connectivity index (χ1v) is 6.59. The SMILES string of the molecule is CC(N)C(=O)N(Cc1c(Cl)cccc1Cl)C(C)C. The highest BCUT2D eigenvalue weighted by molar-refractivity contribution is 6.36. The van der Waals surface area contributed by atoms with Crippen molar-refractivity contribution in [2.75, 3.05) is 0 Å². The van der Waals surface area contributed by atoms with Gasteiger partial charge in [-0.25, -0.2) is 0 Å². The molecule has 0 heterocycles. The normalized spacial score (nSPS) is 12.6. The van der Waals surface area contributed by atoms with Crippen molar-refractivity contribution in [1.29, 1.82) is 0 Å². The van der Waals surface area contributed by atoms with Crippen molar-refractivity contribution in [3.63, 3.8) is 0 Å². The minimum atomic E-state index is -0.534. The molecule has 1 amide bonds. The fourth-order valence-corrected chi connectivity index (χ4v) is 2.15. The van der Waals surface area contributed by atoms with Crippen molar-refractivity contribution < 1.29 is 4.79 Å².